The van der Waals surface area contributed by atoms with E-state index >= 15 is 0 Å². The summed E-state index contributed by atoms with van der Waals surface area (Å²) in [5.74, 6) is 0.0747. The van der Waals surface area contributed by atoms with E-state index in [1.165, 1.54) is 0 Å². The van der Waals surface area contributed by atoms with E-state index in [1.54, 1.807) is 0 Å². The zero-order valence-electron chi connectivity index (χ0n) is 10.8. The molecule has 0 spiro atoms. The molecule has 0 aromatic heterocycles. The Morgan fingerprint density at radius 2 is 2.06 bits per heavy atom. The van der Waals surface area contributed by atoms with Gasteiger partial charge in [-0.05, 0) is 26.2 Å². The minimum absolute atomic E-state index is 0. The Morgan fingerprint density at radius 3 is 2.56 bits per heavy atom. The molecule has 106 valence electrons. The Balaban J connectivity index is 0.00000162. The molecule has 1 amide bonds. The number of carbonyl (C=O) groups is 1. The Bertz CT molecular complexity index is 282. The molecule has 0 bridgehead atoms. The highest BCUT2D eigenvalue weighted by Gasteiger charge is 2.40. The maximum absolute atomic E-state index is 12.4. The van der Waals surface area contributed by atoms with Crippen molar-refractivity contribution < 1.29 is 14.3 Å². The van der Waals surface area contributed by atoms with Crippen LogP contribution in [0.5, 0.6) is 0 Å². The van der Waals surface area contributed by atoms with E-state index in [9.17, 15) is 4.79 Å². The normalized spacial score (nSPS) is 30.6. The van der Waals surface area contributed by atoms with Crippen LogP contribution >= 0.6 is 12.4 Å². The van der Waals surface area contributed by atoms with E-state index in [0.717, 1.165) is 25.9 Å². The van der Waals surface area contributed by atoms with E-state index in [0.29, 0.717) is 19.8 Å². The van der Waals surface area contributed by atoms with Gasteiger partial charge in [0.2, 0.25) is 5.91 Å². The third kappa shape index (κ3) is 3.15. The smallest absolute Gasteiger partial charge is 0.227 e. The molecule has 2 saturated heterocycles. The summed E-state index contributed by atoms with van der Waals surface area (Å²) in [5, 5.41) is 3.09. The van der Waals surface area contributed by atoms with Gasteiger partial charge in [-0.2, -0.15) is 0 Å². The quantitative estimate of drug-likeness (QED) is 0.787. The van der Waals surface area contributed by atoms with Crippen LogP contribution in [0.3, 0.4) is 0 Å². The Kier molecular flexibility index (Phi) is 5.85. The molecule has 0 radical (unpaired) electrons. The molecule has 0 aliphatic carbocycles. The van der Waals surface area contributed by atoms with Crippen LogP contribution in [-0.2, 0) is 14.3 Å². The number of nitrogens with two attached hydrogens (primary N) is 1. The molecular weight excluding hydrogens is 256 g/mol. The second kappa shape index (κ2) is 6.70. The average molecular weight is 279 g/mol. The predicted octanol–water partition coefficient (Wildman–Crippen LogP) is 0.457. The van der Waals surface area contributed by atoms with Gasteiger partial charge in [0.15, 0.2) is 0 Å². The van der Waals surface area contributed by atoms with E-state index < -0.39 is 5.41 Å². The summed E-state index contributed by atoms with van der Waals surface area (Å²) in [7, 11) is 0. The number of carbonyl (C=O) groups excluding carboxylic acids is 1. The molecule has 2 fully saturated rings. The Labute approximate surface area is 114 Å². The fraction of sp³-hybridized carbons (Fsp3) is 0.917. The highest BCUT2D eigenvalue weighted by Crippen LogP contribution is 2.30. The number of halogens is 1. The van der Waals surface area contributed by atoms with E-state index in [2.05, 4.69) is 5.32 Å². The topological polar surface area (TPSA) is 73.6 Å². The lowest BCUT2D eigenvalue weighted by atomic mass is 9.79. The fourth-order valence-electron chi connectivity index (χ4n) is 2.53. The van der Waals surface area contributed by atoms with Crippen LogP contribution in [0.4, 0.5) is 0 Å². The third-order valence-electron chi connectivity index (χ3n) is 4.02. The fourth-order valence-corrected chi connectivity index (χ4v) is 2.53. The molecule has 5 nitrogen and oxygen atoms in total. The third-order valence-corrected chi connectivity index (χ3v) is 4.02. The molecule has 6 heteroatoms. The highest BCUT2D eigenvalue weighted by molar-refractivity contribution is 5.85. The lowest BCUT2D eigenvalue weighted by Gasteiger charge is -2.35. The van der Waals surface area contributed by atoms with Crippen LogP contribution in [0.1, 0.15) is 26.2 Å². The van der Waals surface area contributed by atoms with Gasteiger partial charge in [-0.25, -0.2) is 0 Å². The zero-order valence-corrected chi connectivity index (χ0v) is 11.6. The van der Waals surface area contributed by atoms with Gasteiger partial charge in [0, 0.05) is 26.4 Å². The van der Waals surface area contributed by atoms with Gasteiger partial charge >= 0.3 is 0 Å². The second-order valence-electron chi connectivity index (χ2n) is 5.04. The molecule has 0 aromatic carbocycles. The van der Waals surface area contributed by atoms with Crippen LogP contribution < -0.4 is 11.1 Å². The van der Waals surface area contributed by atoms with Crippen molar-refractivity contribution in [1.82, 2.24) is 5.32 Å². The Hall–Kier alpha value is -0.360. The molecule has 0 saturated carbocycles. The number of hydrogen-bond donors (Lipinski definition) is 2. The minimum Gasteiger partial charge on any atom is -0.381 e. The van der Waals surface area contributed by atoms with E-state index in [4.69, 9.17) is 15.2 Å². The molecular formula is C12H23ClN2O3. The first kappa shape index (κ1) is 15.7. The van der Waals surface area contributed by atoms with Gasteiger partial charge in [0.05, 0.1) is 17.6 Å². The van der Waals surface area contributed by atoms with Gasteiger partial charge in [0.25, 0.3) is 0 Å². The number of rotatable bonds is 3. The van der Waals surface area contributed by atoms with Crippen molar-refractivity contribution in [2.24, 2.45) is 11.1 Å². The number of ether oxygens (including phenoxy) is 2. The van der Waals surface area contributed by atoms with Crippen molar-refractivity contribution in [3.8, 4) is 0 Å². The Morgan fingerprint density at radius 1 is 1.39 bits per heavy atom. The number of hydrogen-bond acceptors (Lipinski definition) is 4. The van der Waals surface area contributed by atoms with Crippen molar-refractivity contribution in [2.75, 3.05) is 26.4 Å². The molecule has 2 aliphatic rings. The van der Waals surface area contributed by atoms with Crippen LogP contribution in [0.25, 0.3) is 0 Å². The van der Waals surface area contributed by atoms with Crippen LogP contribution in [-0.4, -0.2) is 44.4 Å². The van der Waals surface area contributed by atoms with Gasteiger partial charge in [-0.15, -0.1) is 12.4 Å². The van der Waals surface area contributed by atoms with Crippen molar-refractivity contribution in [3.63, 3.8) is 0 Å². The molecule has 2 unspecified atom stereocenters. The molecule has 2 rings (SSSR count). The van der Waals surface area contributed by atoms with E-state index in [1.807, 2.05) is 6.92 Å². The highest BCUT2D eigenvalue weighted by atomic mass is 35.5. The average Bonchev–Trinajstić information content (AvgIpc) is 2.76. The SMILES string of the molecule is CC1OCCC1NC(=O)C1(CN)CCOCC1.Cl. The first-order valence-corrected chi connectivity index (χ1v) is 6.38. The van der Waals surface area contributed by atoms with Crippen molar-refractivity contribution in [3.05, 3.63) is 0 Å². The molecule has 2 heterocycles. The second-order valence-corrected chi connectivity index (χ2v) is 5.04. The summed E-state index contributed by atoms with van der Waals surface area (Å²) in [4.78, 5) is 12.4. The molecule has 0 aromatic rings. The molecule has 2 atom stereocenters. The van der Waals surface area contributed by atoms with Crippen molar-refractivity contribution >= 4 is 18.3 Å². The summed E-state index contributed by atoms with van der Waals surface area (Å²) in [6.07, 6.45) is 2.44. The van der Waals surface area contributed by atoms with E-state index in [-0.39, 0.29) is 30.5 Å². The lowest BCUT2D eigenvalue weighted by Crippen LogP contribution is -2.53. The first-order chi connectivity index (χ1) is 8.18. The first-order valence-electron chi connectivity index (χ1n) is 6.38. The predicted molar refractivity (Wildman–Crippen MR) is 70.8 cm³/mol. The monoisotopic (exact) mass is 278 g/mol. The molecule has 2 aliphatic heterocycles. The minimum atomic E-state index is -0.430. The summed E-state index contributed by atoms with van der Waals surface area (Å²) in [6.45, 7) is 4.37. The van der Waals surface area contributed by atoms with Gasteiger partial charge in [-0.1, -0.05) is 0 Å². The van der Waals surface area contributed by atoms with Crippen LogP contribution in [0, 0.1) is 5.41 Å². The summed E-state index contributed by atoms with van der Waals surface area (Å²) in [5.41, 5.74) is 5.37. The maximum atomic E-state index is 12.4. The zero-order chi connectivity index (χ0) is 12.3. The molecule has 18 heavy (non-hydrogen) atoms. The maximum Gasteiger partial charge on any atom is 0.227 e. The van der Waals surface area contributed by atoms with Crippen molar-refractivity contribution in [2.45, 2.75) is 38.3 Å². The standard InChI is InChI=1S/C12H22N2O3.ClH/c1-9-10(2-5-17-9)14-11(15)12(8-13)3-6-16-7-4-12;/h9-10H,2-8,13H2,1H3,(H,14,15);1H. The van der Waals surface area contributed by atoms with Gasteiger partial charge < -0.3 is 20.5 Å². The summed E-state index contributed by atoms with van der Waals surface area (Å²) in [6, 6.07) is 0.133. The molecule has 3 N–H and O–H groups in total. The van der Waals surface area contributed by atoms with Gasteiger partial charge in [0.1, 0.15) is 0 Å². The number of nitrogens with one attached hydrogen (secondary N) is 1. The number of amides is 1. The summed E-state index contributed by atoms with van der Waals surface area (Å²) < 4.78 is 10.8. The lowest BCUT2D eigenvalue weighted by molar-refractivity contribution is -0.137. The van der Waals surface area contributed by atoms with Crippen molar-refractivity contribution in [1.29, 1.82) is 0 Å². The van der Waals surface area contributed by atoms with Gasteiger partial charge in [-0.3, -0.25) is 4.79 Å². The van der Waals surface area contributed by atoms with Crippen LogP contribution in [0.2, 0.25) is 0 Å². The largest absolute Gasteiger partial charge is 0.381 e. The van der Waals surface area contributed by atoms with Crippen LogP contribution in [0.15, 0.2) is 0 Å². The summed E-state index contributed by atoms with van der Waals surface area (Å²) >= 11 is 0.